The van der Waals surface area contributed by atoms with Crippen LogP contribution in [0.1, 0.15) is 38.7 Å². The van der Waals surface area contributed by atoms with E-state index in [1.807, 2.05) is 38.1 Å². The number of aliphatic carboxylic acids is 1. The standard InChI is InChI=1S/C31H34N4O6S/c1-30(2)23-11-14-31(30,27(36)18-23)19-42(40,41)35-26(28(37)38)17-20-3-5-21(6-4-20)22-7-9-24(10-8-22)33-29(39)34-25-12-15-32-16-13-25/h3-10,12-13,15-16,23,26,35H,11,14,17-19H2,1-2H3,(H,37,38)(H2,32,33,34,39)/t23?,26-,31+/m0/s1. The largest absolute Gasteiger partial charge is 0.480 e. The van der Waals surface area contributed by atoms with Gasteiger partial charge < -0.3 is 15.7 Å². The number of sulfonamides is 1. The maximum atomic E-state index is 13.2. The monoisotopic (exact) mass is 590 g/mol. The first-order chi connectivity index (χ1) is 19.9. The van der Waals surface area contributed by atoms with Crippen molar-refractivity contribution in [3.63, 3.8) is 0 Å². The Morgan fingerprint density at radius 1 is 0.952 bits per heavy atom. The van der Waals surface area contributed by atoms with Gasteiger partial charge in [0.05, 0.1) is 5.75 Å². The molecule has 11 heteroatoms. The van der Waals surface area contributed by atoms with Gasteiger partial charge in [0, 0.05) is 35.6 Å². The zero-order valence-corrected chi connectivity index (χ0v) is 24.3. The Hall–Kier alpha value is -4.09. The van der Waals surface area contributed by atoms with E-state index in [-0.39, 0.29) is 29.9 Å². The minimum Gasteiger partial charge on any atom is -0.480 e. The van der Waals surface area contributed by atoms with Gasteiger partial charge in [0.1, 0.15) is 11.8 Å². The summed E-state index contributed by atoms with van der Waals surface area (Å²) in [6, 6.07) is 16.1. The molecule has 0 spiro atoms. The van der Waals surface area contributed by atoms with Crippen molar-refractivity contribution in [3.8, 4) is 11.1 Å². The highest BCUT2D eigenvalue weighted by Gasteiger charge is 2.65. The summed E-state index contributed by atoms with van der Waals surface area (Å²) in [5, 5.41) is 15.3. The molecule has 1 aromatic heterocycles. The number of carboxylic acid groups (broad SMARTS) is 1. The van der Waals surface area contributed by atoms with Crippen LogP contribution in [-0.2, 0) is 26.0 Å². The number of carboxylic acids is 1. The number of ketones is 1. The number of hydrogen-bond acceptors (Lipinski definition) is 6. The summed E-state index contributed by atoms with van der Waals surface area (Å²) in [4.78, 5) is 41.0. The van der Waals surface area contributed by atoms with E-state index in [2.05, 4.69) is 20.3 Å². The predicted molar refractivity (Wildman–Crippen MR) is 159 cm³/mol. The van der Waals surface area contributed by atoms with Gasteiger partial charge in [0.15, 0.2) is 0 Å². The van der Waals surface area contributed by atoms with Crippen LogP contribution in [0, 0.1) is 16.7 Å². The number of nitrogens with one attached hydrogen (secondary N) is 3. The van der Waals surface area contributed by atoms with E-state index in [9.17, 15) is 27.9 Å². The van der Waals surface area contributed by atoms with Crippen LogP contribution >= 0.6 is 0 Å². The Morgan fingerprint density at radius 2 is 1.52 bits per heavy atom. The van der Waals surface area contributed by atoms with Gasteiger partial charge in [-0.15, -0.1) is 0 Å². The van der Waals surface area contributed by atoms with Gasteiger partial charge in [-0.2, -0.15) is 0 Å². The van der Waals surface area contributed by atoms with Gasteiger partial charge in [-0.1, -0.05) is 50.2 Å². The van der Waals surface area contributed by atoms with E-state index < -0.39 is 32.9 Å². The summed E-state index contributed by atoms with van der Waals surface area (Å²) in [5.41, 5.74) is 2.23. The molecule has 5 rings (SSSR count). The fourth-order valence-electron chi connectivity index (χ4n) is 6.41. The van der Waals surface area contributed by atoms with E-state index in [1.165, 1.54) is 0 Å². The molecule has 2 fully saturated rings. The lowest BCUT2D eigenvalue weighted by molar-refractivity contribution is -0.138. The lowest BCUT2D eigenvalue weighted by Crippen LogP contribution is -2.49. The summed E-state index contributed by atoms with van der Waals surface area (Å²) in [6.07, 6.45) is 4.83. The van der Waals surface area contributed by atoms with Crippen LogP contribution in [0.25, 0.3) is 11.1 Å². The zero-order chi connectivity index (χ0) is 30.1. The van der Waals surface area contributed by atoms with Gasteiger partial charge in [0.25, 0.3) is 0 Å². The maximum absolute atomic E-state index is 13.2. The fourth-order valence-corrected chi connectivity index (χ4v) is 8.44. The second kappa shape index (κ2) is 11.3. The minimum absolute atomic E-state index is 0.0337. The number of amides is 2. The first-order valence-corrected chi connectivity index (χ1v) is 15.5. The minimum atomic E-state index is -4.05. The van der Waals surface area contributed by atoms with E-state index in [0.717, 1.165) is 17.5 Å². The number of benzene rings is 2. The molecule has 0 radical (unpaired) electrons. The van der Waals surface area contributed by atoms with Crippen molar-refractivity contribution >= 4 is 39.2 Å². The highest BCUT2D eigenvalue weighted by Crippen LogP contribution is 2.64. The number of fused-ring (bicyclic) bond motifs is 2. The molecule has 4 N–H and O–H groups in total. The summed E-state index contributed by atoms with van der Waals surface area (Å²) < 4.78 is 28.7. The van der Waals surface area contributed by atoms with Crippen molar-refractivity contribution in [2.24, 2.45) is 16.7 Å². The van der Waals surface area contributed by atoms with Crippen LogP contribution in [0.3, 0.4) is 0 Å². The molecule has 2 bridgehead atoms. The number of hydrogen-bond donors (Lipinski definition) is 4. The van der Waals surface area contributed by atoms with Gasteiger partial charge in [-0.25, -0.2) is 17.9 Å². The number of urea groups is 1. The van der Waals surface area contributed by atoms with Crippen LogP contribution in [0.4, 0.5) is 16.2 Å². The molecule has 10 nitrogen and oxygen atoms in total. The number of rotatable bonds is 10. The third kappa shape index (κ3) is 5.93. The lowest BCUT2D eigenvalue weighted by Gasteiger charge is -2.36. The molecule has 2 amide bonds. The van der Waals surface area contributed by atoms with Crippen molar-refractivity contribution in [3.05, 3.63) is 78.6 Å². The van der Waals surface area contributed by atoms with E-state index in [0.29, 0.717) is 29.8 Å². The molecular formula is C31H34N4O6S. The van der Waals surface area contributed by atoms with Crippen molar-refractivity contribution < 1.29 is 27.9 Å². The van der Waals surface area contributed by atoms with Crippen LogP contribution < -0.4 is 15.4 Å². The number of nitrogens with zero attached hydrogens (tertiary/aromatic N) is 1. The highest BCUT2D eigenvalue weighted by atomic mass is 32.2. The number of carbonyl (C=O) groups is 3. The smallest absolute Gasteiger partial charge is 0.323 e. The second-order valence-electron chi connectivity index (χ2n) is 11.7. The molecule has 0 aliphatic heterocycles. The molecule has 220 valence electrons. The first kappa shape index (κ1) is 29.4. The molecule has 2 aliphatic carbocycles. The number of Topliss-reactive ketones (excluding diaryl/α,β-unsaturated/α-hetero) is 1. The number of pyridine rings is 1. The van der Waals surface area contributed by atoms with Crippen molar-refractivity contribution in [2.45, 2.75) is 45.6 Å². The van der Waals surface area contributed by atoms with Crippen LogP contribution in [0.15, 0.2) is 73.1 Å². The van der Waals surface area contributed by atoms with Crippen LogP contribution in [-0.4, -0.2) is 48.1 Å². The number of aromatic nitrogens is 1. The third-order valence-corrected chi connectivity index (χ3v) is 10.5. The van der Waals surface area contributed by atoms with Gasteiger partial charge in [-0.05, 0) is 71.6 Å². The summed E-state index contributed by atoms with van der Waals surface area (Å²) >= 11 is 0. The Morgan fingerprint density at radius 3 is 2.05 bits per heavy atom. The second-order valence-corrected chi connectivity index (χ2v) is 13.5. The Labute approximate surface area is 245 Å². The SMILES string of the molecule is CC1(C)C2CC[C@@]1(CS(=O)(=O)N[C@@H](Cc1ccc(-c3ccc(NC(=O)Nc4ccncc4)cc3)cc1)C(=O)O)C(=O)C2. The zero-order valence-electron chi connectivity index (χ0n) is 23.5. The number of carbonyl (C=O) groups excluding carboxylic acids is 2. The van der Waals surface area contributed by atoms with E-state index in [1.54, 1.807) is 48.8 Å². The normalized spacial score (nSPS) is 21.6. The lowest BCUT2D eigenvalue weighted by atomic mass is 9.70. The molecule has 2 aromatic carbocycles. The Balaban J connectivity index is 1.21. The maximum Gasteiger partial charge on any atom is 0.323 e. The molecule has 3 atom stereocenters. The van der Waals surface area contributed by atoms with Crippen LogP contribution in [0.2, 0.25) is 0 Å². The summed E-state index contributed by atoms with van der Waals surface area (Å²) in [6.45, 7) is 3.90. The average Bonchev–Trinajstić information content (AvgIpc) is 3.28. The molecule has 2 saturated carbocycles. The molecule has 3 aromatic rings. The molecule has 1 heterocycles. The summed E-state index contributed by atoms with van der Waals surface area (Å²) in [5.74, 6) is -1.54. The fraction of sp³-hybridized carbons (Fsp3) is 0.355. The highest BCUT2D eigenvalue weighted by molar-refractivity contribution is 7.89. The summed E-state index contributed by atoms with van der Waals surface area (Å²) in [7, 11) is -4.05. The third-order valence-electron chi connectivity index (χ3n) is 9.00. The molecule has 0 saturated heterocycles. The van der Waals surface area contributed by atoms with Crippen molar-refractivity contribution in [2.75, 3.05) is 16.4 Å². The Kier molecular flexibility index (Phi) is 7.91. The molecule has 42 heavy (non-hydrogen) atoms. The average molecular weight is 591 g/mol. The van der Waals surface area contributed by atoms with Crippen molar-refractivity contribution in [1.29, 1.82) is 0 Å². The Bertz CT molecular complexity index is 1590. The topological polar surface area (TPSA) is 155 Å². The predicted octanol–water partition coefficient (Wildman–Crippen LogP) is 4.70. The number of anilines is 2. The quantitative estimate of drug-likeness (QED) is 0.267. The molecular weight excluding hydrogens is 556 g/mol. The molecule has 1 unspecified atom stereocenters. The van der Waals surface area contributed by atoms with E-state index in [4.69, 9.17) is 0 Å². The molecule has 2 aliphatic rings. The van der Waals surface area contributed by atoms with Gasteiger partial charge >= 0.3 is 12.0 Å². The van der Waals surface area contributed by atoms with Crippen molar-refractivity contribution in [1.82, 2.24) is 9.71 Å². The van der Waals surface area contributed by atoms with Gasteiger partial charge in [-0.3, -0.25) is 14.6 Å². The van der Waals surface area contributed by atoms with Crippen LogP contribution in [0.5, 0.6) is 0 Å². The van der Waals surface area contributed by atoms with E-state index >= 15 is 0 Å². The first-order valence-electron chi connectivity index (χ1n) is 13.8. The van der Waals surface area contributed by atoms with Gasteiger partial charge in [0.2, 0.25) is 10.0 Å².